The largest absolute Gasteiger partial charge is 0.462 e. The fourth-order valence-corrected chi connectivity index (χ4v) is 9.86. The van der Waals surface area contributed by atoms with Crippen molar-refractivity contribution >= 4 is 17.9 Å². The number of carbonyl (C=O) groups excluding carboxylic acids is 3. The van der Waals surface area contributed by atoms with Crippen LogP contribution in [0.2, 0.25) is 0 Å². The molecule has 0 aromatic heterocycles. The minimum atomic E-state index is -0.762. The molecule has 0 aliphatic carbocycles. The van der Waals surface area contributed by atoms with E-state index in [4.69, 9.17) is 14.2 Å². The number of esters is 3. The zero-order valence-corrected chi connectivity index (χ0v) is 47.1. The van der Waals surface area contributed by atoms with Crippen molar-refractivity contribution in [3.05, 3.63) is 0 Å². The van der Waals surface area contributed by atoms with Crippen molar-refractivity contribution < 1.29 is 28.6 Å². The average molecular weight is 976 g/mol. The molecule has 69 heavy (non-hydrogen) atoms. The van der Waals surface area contributed by atoms with Crippen LogP contribution in [0.5, 0.6) is 0 Å². The number of hydrogen-bond donors (Lipinski definition) is 0. The van der Waals surface area contributed by atoms with Gasteiger partial charge in [0.2, 0.25) is 0 Å². The molecule has 0 aliphatic heterocycles. The molecule has 0 heterocycles. The molecule has 0 aromatic rings. The minimum absolute atomic E-state index is 0.0605. The Morgan fingerprint density at radius 1 is 0.232 bits per heavy atom. The topological polar surface area (TPSA) is 78.9 Å². The summed E-state index contributed by atoms with van der Waals surface area (Å²) in [7, 11) is 0. The molecule has 6 nitrogen and oxygen atoms in total. The summed E-state index contributed by atoms with van der Waals surface area (Å²) < 4.78 is 17.0. The molecule has 0 unspecified atom stereocenters. The fraction of sp³-hybridized carbons (Fsp3) is 0.952. The van der Waals surface area contributed by atoms with Gasteiger partial charge >= 0.3 is 17.9 Å². The van der Waals surface area contributed by atoms with Crippen LogP contribution in [0.25, 0.3) is 0 Å². The monoisotopic (exact) mass is 975 g/mol. The molecule has 0 fully saturated rings. The first kappa shape index (κ1) is 67.4. The molecule has 0 aliphatic rings. The van der Waals surface area contributed by atoms with Crippen LogP contribution in [0.4, 0.5) is 0 Å². The van der Waals surface area contributed by atoms with E-state index in [1.165, 1.54) is 270 Å². The van der Waals surface area contributed by atoms with E-state index >= 15 is 0 Å². The van der Waals surface area contributed by atoms with Crippen molar-refractivity contribution in [1.29, 1.82) is 0 Å². The van der Waals surface area contributed by atoms with Gasteiger partial charge in [-0.05, 0) is 19.3 Å². The molecular weight excluding hydrogens is 853 g/mol. The zero-order chi connectivity index (χ0) is 50.0. The molecule has 410 valence electrons. The third kappa shape index (κ3) is 57.2. The molecule has 0 saturated carbocycles. The second-order valence-corrected chi connectivity index (χ2v) is 21.7. The molecule has 0 spiro atoms. The van der Waals surface area contributed by atoms with E-state index in [9.17, 15) is 14.4 Å². The zero-order valence-electron chi connectivity index (χ0n) is 47.1. The summed E-state index contributed by atoms with van der Waals surface area (Å²) in [6.07, 6.45) is 66.7. The van der Waals surface area contributed by atoms with Crippen molar-refractivity contribution in [3.63, 3.8) is 0 Å². The van der Waals surface area contributed by atoms with Gasteiger partial charge in [0.15, 0.2) is 6.10 Å². The highest BCUT2D eigenvalue weighted by atomic mass is 16.6. The summed E-state index contributed by atoms with van der Waals surface area (Å²) in [5.74, 6) is -0.825. The Bertz CT molecular complexity index is 1030. The van der Waals surface area contributed by atoms with Gasteiger partial charge in [-0.1, -0.05) is 329 Å². The van der Waals surface area contributed by atoms with Gasteiger partial charge in [-0.25, -0.2) is 0 Å². The normalized spacial score (nSPS) is 11.9. The predicted octanol–water partition coefficient (Wildman–Crippen LogP) is 21.1. The van der Waals surface area contributed by atoms with Crippen LogP contribution < -0.4 is 0 Å². The molecule has 0 aromatic carbocycles. The number of carbonyl (C=O) groups is 3. The van der Waals surface area contributed by atoms with Crippen LogP contribution in [-0.2, 0) is 28.6 Å². The quantitative estimate of drug-likeness (QED) is 0.0343. The first-order valence-corrected chi connectivity index (χ1v) is 31.5. The number of hydrogen-bond acceptors (Lipinski definition) is 6. The Hall–Kier alpha value is -1.59. The highest BCUT2D eigenvalue weighted by Gasteiger charge is 2.19. The van der Waals surface area contributed by atoms with Gasteiger partial charge in [-0.15, -0.1) is 0 Å². The van der Waals surface area contributed by atoms with Crippen LogP contribution in [0.15, 0.2) is 0 Å². The van der Waals surface area contributed by atoms with Crippen molar-refractivity contribution in [1.82, 2.24) is 0 Å². The summed E-state index contributed by atoms with van der Waals surface area (Å²) in [5, 5.41) is 0. The molecule has 6 heteroatoms. The average Bonchev–Trinajstić information content (AvgIpc) is 3.35. The second kappa shape index (κ2) is 59.0. The van der Waals surface area contributed by atoms with E-state index in [0.717, 1.165) is 57.8 Å². The van der Waals surface area contributed by atoms with Gasteiger partial charge in [0.05, 0.1) is 0 Å². The molecule has 0 saturated heterocycles. The molecule has 0 radical (unpaired) electrons. The Morgan fingerprint density at radius 3 is 0.580 bits per heavy atom. The van der Waals surface area contributed by atoms with Crippen molar-refractivity contribution in [2.75, 3.05) is 13.2 Å². The van der Waals surface area contributed by atoms with Crippen LogP contribution in [-0.4, -0.2) is 37.2 Å². The summed E-state index contributed by atoms with van der Waals surface area (Å²) >= 11 is 0. The van der Waals surface area contributed by atoms with Crippen LogP contribution in [0.3, 0.4) is 0 Å². The predicted molar refractivity (Wildman–Crippen MR) is 298 cm³/mol. The van der Waals surface area contributed by atoms with E-state index in [1.54, 1.807) is 0 Å². The SMILES string of the molecule is CCCCCCCCCCCCCCCCCCCCC(=O)OC[C@@H](COC(=O)CCCCCCCCCCCCCCCCCC)OC(=O)CCCCCCCCCCCCCCCCCCC. The minimum Gasteiger partial charge on any atom is -0.462 e. The number of ether oxygens (including phenoxy) is 3. The van der Waals surface area contributed by atoms with Gasteiger partial charge in [0, 0.05) is 19.3 Å². The lowest BCUT2D eigenvalue weighted by atomic mass is 10.0. The maximum atomic E-state index is 12.9. The lowest BCUT2D eigenvalue weighted by Crippen LogP contribution is -2.30. The first-order valence-electron chi connectivity index (χ1n) is 31.5. The van der Waals surface area contributed by atoms with Crippen LogP contribution in [0, 0.1) is 0 Å². The van der Waals surface area contributed by atoms with Gasteiger partial charge in [-0.3, -0.25) is 14.4 Å². The molecule has 0 bridgehead atoms. The first-order chi connectivity index (χ1) is 34.0. The summed E-state index contributed by atoms with van der Waals surface area (Å²) in [6, 6.07) is 0. The van der Waals surface area contributed by atoms with Crippen molar-refractivity contribution in [3.8, 4) is 0 Å². The van der Waals surface area contributed by atoms with E-state index in [2.05, 4.69) is 20.8 Å². The maximum absolute atomic E-state index is 12.9. The van der Waals surface area contributed by atoms with E-state index in [-0.39, 0.29) is 31.1 Å². The summed E-state index contributed by atoms with van der Waals surface area (Å²) in [6.45, 7) is 6.73. The Balaban J connectivity index is 4.28. The molecule has 1 atom stereocenters. The van der Waals surface area contributed by atoms with Crippen molar-refractivity contribution in [2.45, 2.75) is 374 Å². The van der Waals surface area contributed by atoms with Gasteiger partial charge in [0.25, 0.3) is 0 Å². The van der Waals surface area contributed by atoms with Crippen LogP contribution >= 0.6 is 0 Å². The summed E-state index contributed by atoms with van der Waals surface area (Å²) in [4.78, 5) is 38.3. The Kier molecular flexibility index (Phi) is 57.6. The fourth-order valence-electron chi connectivity index (χ4n) is 9.86. The van der Waals surface area contributed by atoms with Gasteiger partial charge in [-0.2, -0.15) is 0 Å². The highest BCUT2D eigenvalue weighted by Crippen LogP contribution is 2.18. The third-order valence-corrected chi connectivity index (χ3v) is 14.6. The van der Waals surface area contributed by atoms with E-state index in [0.29, 0.717) is 19.3 Å². The lowest BCUT2D eigenvalue weighted by Gasteiger charge is -2.18. The number of rotatable bonds is 59. The lowest BCUT2D eigenvalue weighted by molar-refractivity contribution is -0.167. The van der Waals surface area contributed by atoms with E-state index in [1.807, 2.05) is 0 Å². The smallest absolute Gasteiger partial charge is 0.306 e. The van der Waals surface area contributed by atoms with Crippen molar-refractivity contribution in [2.24, 2.45) is 0 Å². The van der Waals surface area contributed by atoms with E-state index < -0.39 is 6.10 Å². The summed E-state index contributed by atoms with van der Waals surface area (Å²) in [5.41, 5.74) is 0. The third-order valence-electron chi connectivity index (χ3n) is 14.6. The number of unbranched alkanes of at least 4 members (excludes halogenated alkanes) is 48. The molecule has 0 rings (SSSR count). The Morgan fingerprint density at radius 2 is 0.391 bits per heavy atom. The maximum Gasteiger partial charge on any atom is 0.306 e. The Labute approximate surface area is 431 Å². The second-order valence-electron chi connectivity index (χ2n) is 21.7. The molecule has 0 amide bonds. The van der Waals surface area contributed by atoms with Gasteiger partial charge in [0.1, 0.15) is 13.2 Å². The highest BCUT2D eigenvalue weighted by molar-refractivity contribution is 5.71. The van der Waals surface area contributed by atoms with Crippen LogP contribution in [0.1, 0.15) is 367 Å². The standard InChI is InChI=1S/C63H122O6/c1-4-7-10-13-16-19-22-25-28-31-33-35-38-41-44-47-50-53-56-62(65)68-59-60(58-67-61(64)55-52-49-46-43-40-37-34-30-27-24-21-18-15-12-9-6-3)69-63(66)57-54-51-48-45-42-39-36-32-29-26-23-20-17-14-11-8-5-2/h60H,4-59H2,1-3H3/t60-/m1/s1. The molecule has 0 N–H and O–H groups in total. The van der Waals surface area contributed by atoms with Gasteiger partial charge < -0.3 is 14.2 Å². The molecular formula is C63H122O6.